The number of methoxy groups -OCH3 is 2. The van der Waals surface area contributed by atoms with Gasteiger partial charge in [0.2, 0.25) is 0 Å². The van der Waals surface area contributed by atoms with Crippen LogP contribution in [0.5, 0.6) is 11.5 Å². The lowest BCUT2D eigenvalue weighted by molar-refractivity contribution is -0.137. The SMILES string of the molecule is COc1ccc(CCC(=O)OC=Cc2ccccc2)cc1OC. The molecule has 0 atom stereocenters. The maximum atomic E-state index is 11.8. The summed E-state index contributed by atoms with van der Waals surface area (Å²) in [6.45, 7) is 0. The first-order valence-corrected chi connectivity index (χ1v) is 7.35. The average Bonchev–Trinajstić information content (AvgIpc) is 2.60. The van der Waals surface area contributed by atoms with Gasteiger partial charge in [0.15, 0.2) is 11.5 Å². The number of esters is 1. The summed E-state index contributed by atoms with van der Waals surface area (Å²) in [5.74, 6) is 1.05. The van der Waals surface area contributed by atoms with E-state index in [1.807, 2.05) is 48.5 Å². The summed E-state index contributed by atoms with van der Waals surface area (Å²) in [6.07, 6.45) is 4.06. The molecule has 0 saturated heterocycles. The molecule has 0 fully saturated rings. The van der Waals surface area contributed by atoms with E-state index in [1.54, 1.807) is 20.3 Å². The summed E-state index contributed by atoms with van der Waals surface area (Å²) in [5.41, 5.74) is 1.98. The Labute approximate surface area is 136 Å². The number of hydrogen-bond donors (Lipinski definition) is 0. The van der Waals surface area contributed by atoms with Gasteiger partial charge in [0, 0.05) is 6.42 Å². The molecule has 4 nitrogen and oxygen atoms in total. The molecule has 0 unspecified atom stereocenters. The fraction of sp³-hybridized carbons (Fsp3) is 0.211. The van der Waals surface area contributed by atoms with E-state index in [4.69, 9.17) is 14.2 Å². The zero-order valence-electron chi connectivity index (χ0n) is 13.3. The third-order valence-electron chi connectivity index (χ3n) is 3.33. The Kier molecular flexibility index (Phi) is 6.24. The summed E-state index contributed by atoms with van der Waals surface area (Å²) < 4.78 is 15.5. The second-order valence-electron chi connectivity index (χ2n) is 4.89. The lowest BCUT2D eigenvalue weighted by Gasteiger charge is -2.09. The summed E-state index contributed by atoms with van der Waals surface area (Å²) >= 11 is 0. The van der Waals surface area contributed by atoms with Gasteiger partial charge in [-0.15, -0.1) is 0 Å². The fourth-order valence-corrected chi connectivity index (χ4v) is 2.09. The first kappa shape index (κ1) is 16.6. The van der Waals surface area contributed by atoms with Crippen LogP contribution in [0, 0.1) is 0 Å². The standard InChI is InChI=1S/C19H20O4/c1-21-17-10-8-16(14-18(17)22-2)9-11-19(20)23-13-12-15-6-4-3-5-7-15/h3-8,10,12-14H,9,11H2,1-2H3. The molecule has 0 amide bonds. The van der Waals surface area contributed by atoms with Crippen molar-refractivity contribution in [3.63, 3.8) is 0 Å². The second kappa shape index (κ2) is 8.63. The highest BCUT2D eigenvalue weighted by Crippen LogP contribution is 2.27. The molecule has 0 aliphatic heterocycles. The Morgan fingerprint density at radius 2 is 1.74 bits per heavy atom. The first-order chi connectivity index (χ1) is 11.2. The van der Waals surface area contributed by atoms with Crippen LogP contribution in [0.1, 0.15) is 17.5 Å². The van der Waals surface area contributed by atoms with Crippen molar-refractivity contribution in [2.75, 3.05) is 14.2 Å². The van der Waals surface area contributed by atoms with Gasteiger partial charge in [-0.05, 0) is 35.8 Å². The predicted octanol–water partition coefficient (Wildman–Crippen LogP) is 3.85. The molecule has 2 aromatic rings. The highest BCUT2D eigenvalue weighted by Gasteiger charge is 2.07. The number of aryl methyl sites for hydroxylation is 1. The molecule has 0 N–H and O–H groups in total. The largest absolute Gasteiger partial charge is 0.493 e. The van der Waals surface area contributed by atoms with Crippen LogP contribution >= 0.6 is 0 Å². The molecule has 0 heterocycles. The van der Waals surface area contributed by atoms with Crippen LogP contribution in [0.15, 0.2) is 54.8 Å². The van der Waals surface area contributed by atoms with Gasteiger partial charge in [-0.25, -0.2) is 0 Å². The molecule has 0 aliphatic rings. The van der Waals surface area contributed by atoms with Crippen LogP contribution in [0.4, 0.5) is 0 Å². The number of benzene rings is 2. The van der Waals surface area contributed by atoms with Crippen molar-refractivity contribution >= 4 is 12.0 Å². The van der Waals surface area contributed by atoms with E-state index < -0.39 is 0 Å². The maximum absolute atomic E-state index is 11.8. The summed E-state index contributed by atoms with van der Waals surface area (Å²) in [7, 11) is 3.18. The summed E-state index contributed by atoms with van der Waals surface area (Å²) in [5, 5.41) is 0. The Hall–Kier alpha value is -2.75. The Morgan fingerprint density at radius 3 is 2.43 bits per heavy atom. The molecule has 0 spiro atoms. The molecule has 0 aromatic heterocycles. The summed E-state index contributed by atoms with van der Waals surface area (Å²) in [6, 6.07) is 15.3. The van der Waals surface area contributed by atoms with Crippen molar-refractivity contribution in [2.24, 2.45) is 0 Å². The third-order valence-corrected chi connectivity index (χ3v) is 3.33. The van der Waals surface area contributed by atoms with Crippen molar-refractivity contribution in [3.05, 3.63) is 65.9 Å². The molecule has 23 heavy (non-hydrogen) atoms. The Morgan fingerprint density at radius 1 is 1.00 bits per heavy atom. The van der Waals surface area contributed by atoms with Crippen molar-refractivity contribution in [2.45, 2.75) is 12.8 Å². The van der Waals surface area contributed by atoms with E-state index >= 15 is 0 Å². The molecule has 0 saturated carbocycles. The third kappa shape index (κ3) is 5.18. The van der Waals surface area contributed by atoms with Gasteiger partial charge in [0.1, 0.15) is 0 Å². The normalized spacial score (nSPS) is 10.5. The van der Waals surface area contributed by atoms with Crippen molar-refractivity contribution in [1.82, 2.24) is 0 Å². The van der Waals surface area contributed by atoms with Crippen LogP contribution in [0.25, 0.3) is 6.08 Å². The van der Waals surface area contributed by atoms with Crippen LogP contribution in [0.2, 0.25) is 0 Å². The Balaban J connectivity index is 1.83. The molecule has 2 aromatic carbocycles. The maximum Gasteiger partial charge on any atom is 0.310 e. The minimum absolute atomic E-state index is 0.271. The van der Waals surface area contributed by atoms with E-state index in [0.29, 0.717) is 24.3 Å². The minimum atomic E-state index is -0.271. The highest BCUT2D eigenvalue weighted by molar-refractivity contribution is 5.71. The van der Waals surface area contributed by atoms with E-state index in [2.05, 4.69) is 0 Å². The van der Waals surface area contributed by atoms with Gasteiger partial charge < -0.3 is 14.2 Å². The molecule has 4 heteroatoms. The van der Waals surface area contributed by atoms with Gasteiger partial charge in [-0.2, -0.15) is 0 Å². The van der Waals surface area contributed by atoms with Crippen molar-refractivity contribution < 1.29 is 19.0 Å². The van der Waals surface area contributed by atoms with Gasteiger partial charge in [0.05, 0.1) is 20.5 Å². The van der Waals surface area contributed by atoms with Crippen LogP contribution < -0.4 is 9.47 Å². The van der Waals surface area contributed by atoms with Crippen LogP contribution in [0.3, 0.4) is 0 Å². The molecule has 2 rings (SSSR count). The lowest BCUT2D eigenvalue weighted by Crippen LogP contribution is -2.02. The minimum Gasteiger partial charge on any atom is -0.493 e. The molecular formula is C19H20O4. The van der Waals surface area contributed by atoms with Gasteiger partial charge in [-0.3, -0.25) is 4.79 Å². The zero-order valence-corrected chi connectivity index (χ0v) is 13.3. The predicted molar refractivity (Wildman–Crippen MR) is 89.4 cm³/mol. The van der Waals surface area contributed by atoms with E-state index in [1.165, 1.54) is 6.26 Å². The number of carbonyl (C=O) groups excluding carboxylic acids is 1. The molecular weight excluding hydrogens is 292 g/mol. The first-order valence-electron chi connectivity index (χ1n) is 7.35. The zero-order chi connectivity index (χ0) is 16.5. The summed E-state index contributed by atoms with van der Waals surface area (Å²) in [4.78, 5) is 11.8. The average molecular weight is 312 g/mol. The van der Waals surface area contributed by atoms with Crippen molar-refractivity contribution in [1.29, 1.82) is 0 Å². The van der Waals surface area contributed by atoms with Crippen molar-refractivity contribution in [3.8, 4) is 11.5 Å². The smallest absolute Gasteiger partial charge is 0.310 e. The fourth-order valence-electron chi connectivity index (χ4n) is 2.09. The number of hydrogen-bond acceptors (Lipinski definition) is 4. The number of rotatable bonds is 7. The highest BCUT2D eigenvalue weighted by atomic mass is 16.5. The van der Waals surface area contributed by atoms with Gasteiger partial charge >= 0.3 is 5.97 Å². The molecule has 0 aliphatic carbocycles. The Bertz CT molecular complexity index is 662. The monoisotopic (exact) mass is 312 g/mol. The molecule has 120 valence electrons. The quantitative estimate of drug-likeness (QED) is 0.575. The van der Waals surface area contributed by atoms with Crippen LogP contribution in [-0.2, 0) is 16.0 Å². The second-order valence-corrected chi connectivity index (χ2v) is 4.89. The molecule has 0 bridgehead atoms. The van der Waals surface area contributed by atoms with E-state index in [9.17, 15) is 4.79 Å². The van der Waals surface area contributed by atoms with E-state index in [0.717, 1.165) is 11.1 Å². The van der Waals surface area contributed by atoms with E-state index in [-0.39, 0.29) is 5.97 Å². The number of ether oxygens (including phenoxy) is 3. The topological polar surface area (TPSA) is 44.8 Å². The number of carbonyl (C=O) groups is 1. The lowest BCUT2D eigenvalue weighted by atomic mass is 10.1. The van der Waals surface area contributed by atoms with Gasteiger partial charge in [-0.1, -0.05) is 36.4 Å². The van der Waals surface area contributed by atoms with Gasteiger partial charge in [0.25, 0.3) is 0 Å². The van der Waals surface area contributed by atoms with Crippen LogP contribution in [-0.4, -0.2) is 20.2 Å². The molecule has 0 radical (unpaired) electrons.